The topological polar surface area (TPSA) is 85.8 Å². The lowest BCUT2D eigenvalue weighted by Crippen LogP contribution is -2.27. The summed E-state index contributed by atoms with van der Waals surface area (Å²) in [6.45, 7) is 0.126. The summed E-state index contributed by atoms with van der Waals surface area (Å²) in [5.74, 6) is -0.959. The summed E-state index contributed by atoms with van der Waals surface area (Å²) in [5, 5.41) is 9.88. The van der Waals surface area contributed by atoms with Gasteiger partial charge in [0.25, 0.3) is 0 Å². The minimum atomic E-state index is -4.02. The van der Waals surface area contributed by atoms with Crippen molar-refractivity contribution in [2.24, 2.45) is 0 Å². The number of aromatic nitrogens is 1. The van der Waals surface area contributed by atoms with Gasteiger partial charge in [0.2, 0.25) is 10.0 Å². The van der Waals surface area contributed by atoms with Crippen molar-refractivity contribution in [3.05, 3.63) is 64.0 Å². The third-order valence-corrected chi connectivity index (χ3v) is 5.93. The fourth-order valence-electron chi connectivity index (χ4n) is 2.56. The van der Waals surface area contributed by atoms with Gasteiger partial charge in [-0.15, -0.1) is 0 Å². The van der Waals surface area contributed by atoms with Gasteiger partial charge in [-0.2, -0.15) is 5.26 Å². The van der Waals surface area contributed by atoms with Crippen molar-refractivity contribution in [2.45, 2.75) is 11.3 Å². The molecule has 1 aromatic heterocycles. The van der Waals surface area contributed by atoms with Crippen molar-refractivity contribution in [1.82, 2.24) is 9.71 Å². The van der Waals surface area contributed by atoms with Crippen molar-refractivity contribution in [3.63, 3.8) is 0 Å². The van der Waals surface area contributed by atoms with Gasteiger partial charge < -0.3 is 4.98 Å². The zero-order valence-electron chi connectivity index (χ0n) is 12.9. The summed E-state index contributed by atoms with van der Waals surface area (Å²) in [6.07, 6.45) is 2.29. The van der Waals surface area contributed by atoms with Crippen molar-refractivity contribution in [2.75, 3.05) is 6.54 Å². The largest absolute Gasteiger partial charge is 0.361 e. The molecule has 0 fully saturated rings. The number of para-hydroxylation sites is 1. The van der Waals surface area contributed by atoms with Crippen molar-refractivity contribution < 1.29 is 12.8 Å². The number of hydrogen-bond acceptors (Lipinski definition) is 3. The summed E-state index contributed by atoms with van der Waals surface area (Å²) >= 11 is 3.08. The molecule has 0 saturated carbocycles. The maximum absolute atomic E-state index is 14.0. The minimum Gasteiger partial charge on any atom is -0.361 e. The Labute approximate surface area is 152 Å². The van der Waals surface area contributed by atoms with E-state index < -0.39 is 20.7 Å². The van der Waals surface area contributed by atoms with E-state index in [-0.39, 0.29) is 16.6 Å². The zero-order valence-corrected chi connectivity index (χ0v) is 15.3. The fraction of sp³-hybridized carbons (Fsp3) is 0.118. The third kappa shape index (κ3) is 3.58. The van der Waals surface area contributed by atoms with E-state index >= 15 is 0 Å². The SMILES string of the molecule is N#Cc1cc(F)c(S(=O)(=O)NCCc2c[nH]c3ccccc23)cc1Br. The lowest BCUT2D eigenvalue weighted by Gasteiger charge is -2.09. The second-order valence-electron chi connectivity index (χ2n) is 5.38. The predicted octanol–water partition coefficient (Wildman–Crippen LogP) is 3.46. The highest BCUT2D eigenvalue weighted by Crippen LogP contribution is 2.24. The molecule has 0 atom stereocenters. The van der Waals surface area contributed by atoms with Gasteiger partial charge in [0.15, 0.2) is 0 Å². The van der Waals surface area contributed by atoms with Crippen LogP contribution in [0.2, 0.25) is 0 Å². The number of nitriles is 1. The minimum absolute atomic E-state index is 0.0373. The fourth-order valence-corrected chi connectivity index (χ4v) is 4.25. The molecule has 0 aliphatic rings. The van der Waals surface area contributed by atoms with Gasteiger partial charge in [-0.1, -0.05) is 18.2 Å². The van der Waals surface area contributed by atoms with Gasteiger partial charge in [-0.25, -0.2) is 17.5 Å². The van der Waals surface area contributed by atoms with Crippen LogP contribution in [0, 0.1) is 17.1 Å². The van der Waals surface area contributed by atoms with E-state index in [1.807, 2.05) is 30.5 Å². The summed E-state index contributed by atoms with van der Waals surface area (Å²) in [5.41, 5.74) is 1.98. The number of nitrogens with zero attached hydrogens (tertiary/aromatic N) is 1. The molecule has 128 valence electrons. The van der Waals surface area contributed by atoms with Gasteiger partial charge in [0.1, 0.15) is 16.8 Å². The summed E-state index contributed by atoms with van der Waals surface area (Å²) < 4.78 is 41.3. The molecule has 2 aromatic carbocycles. The lowest BCUT2D eigenvalue weighted by atomic mass is 10.1. The zero-order chi connectivity index (χ0) is 18.0. The van der Waals surface area contributed by atoms with E-state index in [9.17, 15) is 12.8 Å². The number of sulfonamides is 1. The Hall–Kier alpha value is -2.21. The Morgan fingerprint density at radius 2 is 2.04 bits per heavy atom. The van der Waals surface area contributed by atoms with E-state index in [1.165, 1.54) is 0 Å². The number of nitrogens with one attached hydrogen (secondary N) is 2. The van der Waals surface area contributed by atoms with Crippen LogP contribution < -0.4 is 4.72 Å². The first-order valence-electron chi connectivity index (χ1n) is 7.36. The van der Waals surface area contributed by atoms with Crippen LogP contribution in [0.4, 0.5) is 4.39 Å². The Bertz CT molecular complexity index is 1090. The first-order chi connectivity index (χ1) is 11.9. The average Bonchev–Trinajstić information content (AvgIpc) is 2.99. The van der Waals surface area contributed by atoms with Crippen LogP contribution in [0.1, 0.15) is 11.1 Å². The second-order valence-corrected chi connectivity index (χ2v) is 7.97. The first kappa shape index (κ1) is 17.6. The number of fused-ring (bicyclic) bond motifs is 1. The Morgan fingerprint density at radius 3 is 2.80 bits per heavy atom. The van der Waals surface area contributed by atoms with E-state index in [1.54, 1.807) is 6.07 Å². The Balaban J connectivity index is 1.76. The molecule has 2 N–H and O–H groups in total. The number of hydrogen-bond donors (Lipinski definition) is 2. The normalized spacial score (nSPS) is 11.6. The monoisotopic (exact) mass is 421 g/mol. The van der Waals surface area contributed by atoms with Crippen LogP contribution in [0.5, 0.6) is 0 Å². The van der Waals surface area contributed by atoms with Crippen molar-refractivity contribution in [3.8, 4) is 6.07 Å². The first-order valence-corrected chi connectivity index (χ1v) is 9.64. The highest BCUT2D eigenvalue weighted by Gasteiger charge is 2.21. The van der Waals surface area contributed by atoms with Crippen LogP contribution in [-0.4, -0.2) is 19.9 Å². The standard InChI is InChI=1S/C17H13BrFN3O2S/c18-14-8-17(15(19)7-12(14)9-20)25(23,24)22-6-5-11-10-21-16-4-2-1-3-13(11)16/h1-4,7-8,10,21-22H,5-6H2. The van der Waals surface area contributed by atoms with Crippen LogP contribution >= 0.6 is 15.9 Å². The number of rotatable bonds is 5. The second kappa shape index (κ2) is 6.96. The quantitative estimate of drug-likeness (QED) is 0.661. The summed E-state index contributed by atoms with van der Waals surface area (Å²) in [4.78, 5) is 2.63. The third-order valence-electron chi connectivity index (χ3n) is 3.79. The molecule has 0 radical (unpaired) electrons. The Kier molecular flexibility index (Phi) is 4.90. The van der Waals surface area contributed by atoms with Crippen molar-refractivity contribution in [1.29, 1.82) is 5.26 Å². The van der Waals surface area contributed by atoms with Crippen LogP contribution in [0.3, 0.4) is 0 Å². The van der Waals surface area contributed by atoms with Crippen LogP contribution in [0.25, 0.3) is 10.9 Å². The average molecular weight is 422 g/mol. The number of H-pyrrole nitrogens is 1. The number of halogens is 2. The molecule has 3 aromatic rings. The van der Waals surface area contributed by atoms with Gasteiger partial charge in [0.05, 0.1) is 5.56 Å². The van der Waals surface area contributed by atoms with E-state index in [2.05, 4.69) is 25.6 Å². The van der Waals surface area contributed by atoms with Crippen LogP contribution in [0.15, 0.2) is 52.0 Å². The molecule has 1 heterocycles. The molecular weight excluding hydrogens is 409 g/mol. The number of aromatic amines is 1. The summed E-state index contributed by atoms with van der Waals surface area (Å²) in [7, 11) is -4.02. The maximum Gasteiger partial charge on any atom is 0.243 e. The number of benzene rings is 2. The summed E-state index contributed by atoms with van der Waals surface area (Å²) in [6, 6.07) is 11.5. The Morgan fingerprint density at radius 1 is 1.28 bits per heavy atom. The molecule has 8 heteroatoms. The molecule has 0 saturated heterocycles. The molecule has 0 aliphatic heterocycles. The van der Waals surface area contributed by atoms with Gasteiger partial charge in [0, 0.05) is 28.1 Å². The van der Waals surface area contributed by atoms with Crippen molar-refractivity contribution >= 4 is 36.9 Å². The van der Waals surface area contributed by atoms with Gasteiger partial charge >= 0.3 is 0 Å². The smallest absolute Gasteiger partial charge is 0.243 e. The predicted molar refractivity (Wildman–Crippen MR) is 96.0 cm³/mol. The maximum atomic E-state index is 14.0. The van der Waals surface area contributed by atoms with Crippen LogP contribution in [-0.2, 0) is 16.4 Å². The van der Waals surface area contributed by atoms with E-state index in [0.29, 0.717) is 6.42 Å². The molecule has 0 bridgehead atoms. The molecule has 0 aliphatic carbocycles. The van der Waals surface area contributed by atoms with E-state index in [0.717, 1.165) is 28.6 Å². The molecule has 25 heavy (non-hydrogen) atoms. The highest BCUT2D eigenvalue weighted by molar-refractivity contribution is 9.10. The highest BCUT2D eigenvalue weighted by atomic mass is 79.9. The molecule has 3 rings (SSSR count). The van der Waals surface area contributed by atoms with Gasteiger partial charge in [-0.05, 0) is 46.1 Å². The van der Waals surface area contributed by atoms with E-state index in [4.69, 9.17) is 5.26 Å². The lowest BCUT2D eigenvalue weighted by molar-refractivity contribution is 0.556. The molecule has 5 nitrogen and oxygen atoms in total. The molecule has 0 spiro atoms. The van der Waals surface area contributed by atoms with Gasteiger partial charge in [-0.3, -0.25) is 0 Å². The molecule has 0 amide bonds. The molecular formula is C17H13BrFN3O2S. The molecule has 0 unspecified atom stereocenters.